The summed E-state index contributed by atoms with van der Waals surface area (Å²) in [5, 5.41) is 10.9. The van der Waals surface area contributed by atoms with Crippen LogP contribution in [0.25, 0.3) is 4.96 Å². The van der Waals surface area contributed by atoms with Gasteiger partial charge in [0.25, 0.3) is 0 Å². The number of aromatic nitrogens is 2. The zero-order valence-electron chi connectivity index (χ0n) is 11.8. The van der Waals surface area contributed by atoms with Crippen LogP contribution in [0.4, 0.5) is 0 Å². The number of fused-ring (bicyclic) bond motifs is 1. The molecular weight excluding hydrogens is 290 g/mol. The Hall–Kier alpha value is -1.89. The largest absolute Gasteiger partial charge is 0.480 e. The average Bonchev–Trinajstić information content (AvgIpc) is 3.04. The van der Waals surface area contributed by atoms with E-state index in [1.54, 1.807) is 0 Å². The van der Waals surface area contributed by atoms with Crippen molar-refractivity contribution < 1.29 is 14.7 Å². The standard InChI is InChI=1S/C14H17N3O3S/c1-9-5-17-11(8-21-14(17)15-9)4-12(18)16(7-13(19)20)6-10-2-3-10/h5,8,10H,2-4,6-7H2,1H3,(H,19,20). The summed E-state index contributed by atoms with van der Waals surface area (Å²) in [6, 6.07) is 0. The quantitative estimate of drug-likeness (QED) is 0.879. The maximum atomic E-state index is 12.4. The number of carboxylic acid groups (broad SMARTS) is 1. The first-order chi connectivity index (χ1) is 10.0. The number of amides is 1. The van der Waals surface area contributed by atoms with Crippen molar-refractivity contribution in [1.82, 2.24) is 14.3 Å². The predicted octanol–water partition coefficient (Wildman–Crippen LogP) is 1.57. The zero-order chi connectivity index (χ0) is 15.0. The lowest BCUT2D eigenvalue weighted by atomic mass is 10.2. The Morgan fingerprint density at radius 3 is 2.95 bits per heavy atom. The highest BCUT2D eigenvalue weighted by atomic mass is 32.1. The monoisotopic (exact) mass is 307 g/mol. The second-order valence-corrected chi connectivity index (χ2v) is 6.39. The molecule has 1 aliphatic rings. The number of thiazole rings is 1. The highest BCUT2D eigenvalue weighted by Crippen LogP contribution is 2.30. The molecule has 1 N–H and O–H groups in total. The number of hydrogen-bond donors (Lipinski definition) is 1. The summed E-state index contributed by atoms with van der Waals surface area (Å²) < 4.78 is 1.91. The highest BCUT2D eigenvalue weighted by Gasteiger charge is 2.28. The molecular formula is C14H17N3O3S. The van der Waals surface area contributed by atoms with Gasteiger partial charge in [0.1, 0.15) is 6.54 Å². The van der Waals surface area contributed by atoms with Gasteiger partial charge in [-0.1, -0.05) is 0 Å². The van der Waals surface area contributed by atoms with Gasteiger partial charge < -0.3 is 10.0 Å². The van der Waals surface area contributed by atoms with Gasteiger partial charge in [0.2, 0.25) is 5.91 Å². The molecule has 0 saturated heterocycles. The van der Waals surface area contributed by atoms with Crippen LogP contribution in [0.5, 0.6) is 0 Å². The molecule has 1 amide bonds. The van der Waals surface area contributed by atoms with Gasteiger partial charge in [-0.05, 0) is 25.7 Å². The topological polar surface area (TPSA) is 74.9 Å². The summed E-state index contributed by atoms with van der Waals surface area (Å²) >= 11 is 1.49. The molecule has 3 rings (SSSR count). The third-order valence-electron chi connectivity index (χ3n) is 3.59. The molecule has 1 fully saturated rings. The molecule has 7 heteroatoms. The van der Waals surface area contributed by atoms with E-state index in [0.29, 0.717) is 12.5 Å². The van der Waals surface area contributed by atoms with Gasteiger partial charge in [-0.25, -0.2) is 4.98 Å². The highest BCUT2D eigenvalue weighted by molar-refractivity contribution is 7.15. The van der Waals surface area contributed by atoms with Gasteiger partial charge in [-0.3, -0.25) is 14.0 Å². The first-order valence-corrected chi connectivity index (χ1v) is 7.82. The fraction of sp³-hybridized carbons (Fsp3) is 0.500. The van der Waals surface area contributed by atoms with Crippen molar-refractivity contribution in [2.24, 2.45) is 5.92 Å². The van der Waals surface area contributed by atoms with E-state index in [1.807, 2.05) is 22.9 Å². The minimum atomic E-state index is -0.960. The lowest BCUT2D eigenvalue weighted by molar-refractivity contribution is -0.144. The van der Waals surface area contributed by atoms with Crippen LogP contribution in [0, 0.1) is 12.8 Å². The fourth-order valence-electron chi connectivity index (χ4n) is 2.37. The number of carbonyl (C=O) groups is 2. The van der Waals surface area contributed by atoms with Crippen molar-refractivity contribution in [1.29, 1.82) is 0 Å². The number of carboxylic acids is 1. The second-order valence-electron chi connectivity index (χ2n) is 5.55. The zero-order valence-corrected chi connectivity index (χ0v) is 12.6. The van der Waals surface area contributed by atoms with Crippen LogP contribution in [0.2, 0.25) is 0 Å². The van der Waals surface area contributed by atoms with E-state index in [4.69, 9.17) is 5.11 Å². The van der Waals surface area contributed by atoms with Gasteiger partial charge in [0, 0.05) is 23.8 Å². The Morgan fingerprint density at radius 1 is 1.52 bits per heavy atom. The number of rotatable bonds is 6. The van der Waals surface area contributed by atoms with Crippen LogP contribution < -0.4 is 0 Å². The lowest BCUT2D eigenvalue weighted by Crippen LogP contribution is -2.38. The molecule has 2 aromatic heterocycles. The number of imidazole rings is 1. The van der Waals surface area contributed by atoms with Gasteiger partial charge in [0.05, 0.1) is 12.1 Å². The average molecular weight is 307 g/mol. The molecule has 0 spiro atoms. The van der Waals surface area contributed by atoms with E-state index in [-0.39, 0.29) is 18.9 Å². The van der Waals surface area contributed by atoms with Gasteiger partial charge in [-0.2, -0.15) is 0 Å². The summed E-state index contributed by atoms with van der Waals surface area (Å²) in [6.07, 6.45) is 4.30. The smallest absolute Gasteiger partial charge is 0.323 e. The molecule has 21 heavy (non-hydrogen) atoms. The van der Waals surface area contributed by atoms with Crippen molar-refractivity contribution in [3.63, 3.8) is 0 Å². The normalized spacial score (nSPS) is 14.5. The number of nitrogens with zero attached hydrogens (tertiary/aromatic N) is 3. The Balaban J connectivity index is 1.74. The number of aryl methyl sites for hydroxylation is 1. The molecule has 0 radical (unpaired) electrons. The lowest BCUT2D eigenvalue weighted by Gasteiger charge is -2.20. The minimum absolute atomic E-state index is 0.129. The van der Waals surface area contributed by atoms with E-state index in [2.05, 4.69) is 4.98 Å². The third-order valence-corrected chi connectivity index (χ3v) is 4.48. The number of hydrogen-bond acceptors (Lipinski definition) is 4. The van der Waals surface area contributed by atoms with Crippen LogP contribution in [-0.2, 0) is 16.0 Å². The van der Waals surface area contributed by atoms with E-state index < -0.39 is 5.97 Å². The maximum absolute atomic E-state index is 12.4. The molecule has 6 nitrogen and oxygen atoms in total. The van der Waals surface area contributed by atoms with Crippen molar-refractivity contribution in [2.75, 3.05) is 13.1 Å². The molecule has 1 aliphatic carbocycles. The third kappa shape index (κ3) is 3.24. The van der Waals surface area contributed by atoms with Crippen molar-refractivity contribution in [2.45, 2.75) is 26.2 Å². The van der Waals surface area contributed by atoms with Crippen molar-refractivity contribution in [3.05, 3.63) is 23.0 Å². The predicted molar refractivity (Wildman–Crippen MR) is 78.4 cm³/mol. The summed E-state index contributed by atoms with van der Waals surface area (Å²) in [6.45, 7) is 2.25. The van der Waals surface area contributed by atoms with Crippen LogP contribution >= 0.6 is 11.3 Å². The van der Waals surface area contributed by atoms with Crippen LogP contribution in [-0.4, -0.2) is 44.4 Å². The Kier molecular flexibility index (Phi) is 3.67. The molecule has 0 aliphatic heterocycles. The molecule has 0 bridgehead atoms. The summed E-state index contributed by atoms with van der Waals surface area (Å²) in [4.78, 5) is 30.0. The minimum Gasteiger partial charge on any atom is -0.480 e. The van der Waals surface area contributed by atoms with Crippen molar-refractivity contribution >= 4 is 28.2 Å². The van der Waals surface area contributed by atoms with Crippen LogP contribution in [0.1, 0.15) is 24.2 Å². The molecule has 112 valence electrons. The summed E-state index contributed by atoms with van der Waals surface area (Å²) in [7, 11) is 0. The molecule has 0 aromatic carbocycles. The Morgan fingerprint density at radius 2 is 2.29 bits per heavy atom. The Labute approximate surface area is 126 Å². The molecule has 1 saturated carbocycles. The van der Waals surface area contributed by atoms with Crippen LogP contribution in [0.15, 0.2) is 11.6 Å². The van der Waals surface area contributed by atoms with Gasteiger partial charge in [-0.15, -0.1) is 11.3 Å². The molecule has 2 aromatic rings. The Bertz CT molecular complexity index is 687. The van der Waals surface area contributed by atoms with E-state index in [0.717, 1.165) is 29.2 Å². The molecule has 0 atom stereocenters. The van der Waals surface area contributed by atoms with E-state index >= 15 is 0 Å². The number of carbonyl (C=O) groups excluding carboxylic acids is 1. The second kappa shape index (κ2) is 5.48. The van der Waals surface area contributed by atoms with Crippen LogP contribution in [0.3, 0.4) is 0 Å². The van der Waals surface area contributed by atoms with Gasteiger partial charge >= 0.3 is 5.97 Å². The number of aliphatic carboxylic acids is 1. The van der Waals surface area contributed by atoms with E-state index in [1.165, 1.54) is 16.2 Å². The summed E-state index contributed by atoms with van der Waals surface area (Å²) in [5.74, 6) is -0.612. The summed E-state index contributed by atoms with van der Waals surface area (Å²) in [5.41, 5.74) is 1.78. The fourth-order valence-corrected chi connectivity index (χ4v) is 3.28. The first-order valence-electron chi connectivity index (χ1n) is 6.94. The first kappa shape index (κ1) is 14.1. The molecule has 2 heterocycles. The van der Waals surface area contributed by atoms with Gasteiger partial charge in [0.15, 0.2) is 4.96 Å². The SMILES string of the molecule is Cc1cn2c(CC(=O)N(CC(=O)O)CC3CC3)csc2n1. The van der Waals surface area contributed by atoms with E-state index in [9.17, 15) is 9.59 Å². The van der Waals surface area contributed by atoms with Crippen molar-refractivity contribution in [3.8, 4) is 0 Å². The molecule has 0 unspecified atom stereocenters. The maximum Gasteiger partial charge on any atom is 0.323 e.